The summed E-state index contributed by atoms with van der Waals surface area (Å²) in [6.45, 7) is 3.61. The first-order valence-electron chi connectivity index (χ1n) is 4.52. The molecule has 1 atom stereocenters. The fraction of sp³-hybridized carbons (Fsp3) is 0.455. The van der Waals surface area contributed by atoms with Crippen molar-refractivity contribution in [2.24, 2.45) is 5.41 Å². The minimum atomic E-state index is -0.664. The topological polar surface area (TPSA) is 40.5 Å². The summed E-state index contributed by atoms with van der Waals surface area (Å²) >= 11 is 3.38. The third-order valence-electron chi connectivity index (χ3n) is 2.35. The van der Waals surface area contributed by atoms with Crippen LogP contribution in [-0.2, 0) is 0 Å². The van der Waals surface area contributed by atoms with Crippen LogP contribution in [0.4, 0.5) is 0 Å². The van der Waals surface area contributed by atoms with Crippen molar-refractivity contribution >= 4 is 15.9 Å². The highest BCUT2D eigenvalue weighted by atomic mass is 79.9. The van der Waals surface area contributed by atoms with Crippen LogP contribution in [0.15, 0.2) is 28.7 Å². The number of aliphatic hydroxyl groups excluding tert-OH is 2. The van der Waals surface area contributed by atoms with E-state index in [0.717, 1.165) is 10.0 Å². The van der Waals surface area contributed by atoms with E-state index in [-0.39, 0.29) is 6.61 Å². The number of hydrogen-bond acceptors (Lipinski definition) is 2. The standard InChI is InChI=1S/C11H15BrO2/c1-11(2,7-13)10(14)8-5-3-4-6-9(8)12/h3-6,10,13-14H,7H2,1-2H3/t10-/m0/s1. The highest BCUT2D eigenvalue weighted by molar-refractivity contribution is 9.10. The number of aliphatic hydroxyl groups is 2. The molecule has 0 aliphatic rings. The molecular formula is C11H15BrO2. The Balaban J connectivity index is 3.00. The Bertz CT molecular complexity index is 310. The Hall–Kier alpha value is -0.380. The zero-order valence-corrected chi connectivity index (χ0v) is 9.95. The van der Waals surface area contributed by atoms with E-state index in [1.807, 2.05) is 38.1 Å². The quantitative estimate of drug-likeness (QED) is 0.875. The second-order valence-corrected chi connectivity index (χ2v) is 4.93. The molecule has 0 amide bonds. The highest BCUT2D eigenvalue weighted by Crippen LogP contribution is 2.35. The maximum atomic E-state index is 10.0. The van der Waals surface area contributed by atoms with Crippen molar-refractivity contribution < 1.29 is 10.2 Å². The molecular weight excluding hydrogens is 244 g/mol. The molecule has 14 heavy (non-hydrogen) atoms. The van der Waals surface area contributed by atoms with E-state index in [0.29, 0.717) is 0 Å². The van der Waals surface area contributed by atoms with Crippen LogP contribution in [0.3, 0.4) is 0 Å². The molecule has 0 bridgehead atoms. The molecule has 1 rings (SSSR count). The second kappa shape index (κ2) is 4.43. The van der Waals surface area contributed by atoms with Gasteiger partial charge in [0, 0.05) is 9.89 Å². The van der Waals surface area contributed by atoms with Crippen LogP contribution < -0.4 is 0 Å². The van der Waals surface area contributed by atoms with Crippen LogP contribution in [0.5, 0.6) is 0 Å². The van der Waals surface area contributed by atoms with E-state index in [2.05, 4.69) is 15.9 Å². The minimum absolute atomic E-state index is 0.0461. The third kappa shape index (κ3) is 2.35. The molecule has 0 fully saturated rings. The van der Waals surface area contributed by atoms with Crippen molar-refractivity contribution in [1.29, 1.82) is 0 Å². The molecule has 1 aromatic rings. The van der Waals surface area contributed by atoms with E-state index >= 15 is 0 Å². The maximum Gasteiger partial charge on any atom is 0.0873 e. The first-order chi connectivity index (χ1) is 6.49. The van der Waals surface area contributed by atoms with Crippen molar-refractivity contribution in [3.8, 4) is 0 Å². The van der Waals surface area contributed by atoms with E-state index in [4.69, 9.17) is 5.11 Å². The molecule has 0 unspecified atom stereocenters. The van der Waals surface area contributed by atoms with Gasteiger partial charge < -0.3 is 10.2 Å². The van der Waals surface area contributed by atoms with Crippen molar-refractivity contribution in [3.05, 3.63) is 34.3 Å². The smallest absolute Gasteiger partial charge is 0.0873 e. The van der Waals surface area contributed by atoms with Gasteiger partial charge in [0.15, 0.2) is 0 Å². The second-order valence-electron chi connectivity index (χ2n) is 4.07. The third-order valence-corrected chi connectivity index (χ3v) is 3.07. The largest absolute Gasteiger partial charge is 0.396 e. The minimum Gasteiger partial charge on any atom is -0.396 e. The van der Waals surface area contributed by atoms with Gasteiger partial charge in [-0.15, -0.1) is 0 Å². The Morgan fingerprint density at radius 1 is 1.36 bits per heavy atom. The van der Waals surface area contributed by atoms with Crippen LogP contribution in [0, 0.1) is 5.41 Å². The monoisotopic (exact) mass is 258 g/mol. The summed E-state index contributed by atoms with van der Waals surface area (Å²) in [6.07, 6.45) is -0.664. The van der Waals surface area contributed by atoms with Crippen molar-refractivity contribution in [2.75, 3.05) is 6.61 Å². The lowest BCUT2D eigenvalue weighted by molar-refractivity contribution is 0.00595. The van der Waals surface area contributed by atoms with Crippen LogP contribution in [0.25, 0.3) is 0 Å². The van der Waals surface area contributed by atoms with Gasteiger partial charge in [-0.05, 0) is 11.6 Å². The van der Waals surface area contributed by atoms with Crippen molar-refractivity contribution in [3.63, 3.8) is 0 Å². The molecule has 0 spiro atoms. The first kappa shape index (κ1) is 11.7. The molecule has 3 heteroatoms. The molecule has 0 saturated heterocycles. The van der Waals surface area contributed by atoms with Gasteiger partial charge in [-0.1, -0.05) is 48.0 Å². The number of benzene rings is 1. The lowest BCUT2D eigenvalue weighted by atomic mass is 9.83. The lowest BCUT2D eigenvalue weighted by Gasteiger charge is -2.29. The van der Waals surface area contributed by atoms with Gasteiger partial charge in [-0.25, -0.2) is 0 Å². The SMILES string of the molecule is CC(C)(CO)[C@@H](O)c1ccccc1Br. The summed E-state index contributed by atoms with van der Waals surface area (Å²) < 4.78 is 0.869. The van der Waals surface area contributed by atoms with Crippen LogP contribution in [0.1, 0.15) is 25.5 Å². The molecule has 0 aliphatic carbocycles. The Morgan fingerprint density at radius 3 is 2.43 bits per heavy atom. The van der Waals surface area contributed by atoms with Gasteiger partial charge in [0.2, 0.25) is 0 Å². The van der Waals surface area contributed by atoms with Gasteiger partial charge in [0.1, 0.15) is 0 Å². The molecule has 0 radical (unpaired) electrons. The van der Waals surface area contributed by atoms with Gasteiger partial charge >= 0.3 is 0 Å². The molecule has 0 aliphatic heterocycles. The number of halogens is 1. The van der Waals surface area contributed by atoms with Gasteiger partial charge in [-0.2, -0.15) is 0 Å². The molecule has 0 saturated carbocycles. The van der Waals surface area contributed by atoms with E-state index in [9.17, 15) is 5.11 Å². The van der Waals surface area contributed by atoms with Gasteiger partial charge in [-0.3, -0.25) is 0 Å². The van der Waals surface area contributed by atoms with Gasteiger partial charge in [0.05, 0.1) is 12.7 Å². The van der Waals surface area contributed by atoms with Crippen LogP contribution in [0.2, 0.25) is 0 Å². The Kier molecular flexibility index (Phi) is 3.70. The lowest BCUT2D eigenvalue weighted by Crippen LogP contribution is -2.26. The van der Waals surface area contributed by atoms with Crippen LogP contribution >= 0.6 is 15.9 Å². The van der Waals surface area contributed by atoms with E-state index in [1.54, 1.807) is 0 Å². The fourth-order valence-electron chi connectivity index (χ4n) is 1.20. The zero-order chi connectivity index (χ0) is 10.8. The molecule has 78 valence electrons. The summed E-state index contributed by atoms with van der Waals surface area (Å²) in [5.41, 5.74) is 0.288. The average Bonchev–Trinajstić information content (AvgIpc) is 2.17. The number of hydrogen-bond donors (Lipinski definition) is 2. The molecule has 0 heterocycles. The Morgan fingerprint density at radius 2 is 1.93 bits per heavy atom. The normalized spacial score (nSPS) is 14.1. The highest BCUT2D eigenvalue weighted by Gasteiger charge is 2.29. The zero-order valence-electron chi connectivity index (χ0n) is 8.37. The van der Waals surface area contributed by atoms with Crippen LogP contribution in [-0.4, -0.2) is 16.8 Å². The molecule has 1 aromatic carbocycles. The van der Waals surface area contributed by atoms with Crippen molar-refractivity contribution in [2.45, 2.75) is 20.0 Å². The fourth-order valence-corrected chi connectivity index (χ4v) is 1.71. The van der Waals surface area contributed by atoms with Gasteiger partial charge in [0.25, 0.3) is 0 Å². The summed E-state index contributed by atoms with van der Waals surface area (Å²) in [7, 11) is 0. The van der Waals surface area contributed by atoms with Crippen molar-refractivity contribution in [1.82, 2.24) is 0 Å². The summed E-state index contributed by atoms with van der Waals surface area (Å²) in [6, 6.07) is 7.50. The summed E-state index contributed by atoms with van der Waals surface area (Å²) in [5.74, 6) is 0. The number of rotatable bonds is 3. The predicted molar refractivity (Wildman–Crippen MR) is 60.0 cm³/mol. The summed E-state index contributed by atoms with van der Waals surface area (Å²) in [5, 5.41) is 19.2. The first-order valence-corrected chi connectivity index (χ1v) is 5.31. The van der Waals surface area contributed by atoms with E-state index < -0.39 is 11.5 Å². The molecule has 2 nitrogen and oxygen atoms in total. The molecule has 2 N–H and O–H groups in total. The van der Waals surface area contributed by atoms with E-state index in [1.165, 1.54) is 0 Å². The average molecular weight is 259 g/mol. The molecule has 0 aromatic heterocycles. The Labute approximate surface area is 92.7 Å². The maximum absolute atomic E-state index is 10.0. The predicted octanol–water partition coefficient (Wildman–Crippen LogP) is 2.50. The summed E-state index contributed by atoms with van der Waals surface area (Å²) in [4.78, 5) is 0.